The fourth-order valence-corrected chi connectivity index (χ4v) is 10.7. The van der Waals surface area contributed by atoms with E-state index in [1.165, 1.54) is 64.3 Å². The first-order valence-electron chi connectivity index (χ1n) is 20.1. The highest BCUT2D eigenvalue weighted by Gasteiger charge is 2.38. The molecule has 0 fully saturated rings. The number of rotatable bonds is 5. The van der Waals surface area contributed by atoms with Crippen molar-refractivity contribution in [2.75, 3.05) is 0 Å². The highest BCUT2D eigenvalue weighted by molar-refractivity contribution is 7.26. The van der Waals surface area contributed by atoms with Crippen LogP contribution in [0.1, 0.15) is 25.0 Å². The minimum atomic E-state index is -0.243. The summed E-state index contributed by atoms with van der Waals surface area (Å²) < 4.78 is 4.72. The number of nitrogens with zero attached hydrogens (tertiary/aromatic N) is 4. The summed E-state index contributed by atoms with van der Waals surface area (Å²) in [5, 5.41) is 4.82. The van der Waals surface area contributed by atoms with E-state index in [1.807, 2.05) is 0 Å². The first-order chi connectivity index (χ1) is 29.0. The van der Waals surface area contributed by atoms with Gasteiger partial charge < -0.3 is 0 Å². The average Bonchev–Trinajstić information content (AvgIpc) is 3.92. The second kappa shape index (κ2) is 12.9. The maximum Gasteiger partial charge on any atom is 0.238 e. The second-order valence-corrected chi connectivity index (χ2v) is 17.0. The highest BCUT2D eigenvalue weighted by Crippen LogP contribution is 2.53. The molecule has 0 unspecified atom stereocenters. The van der Waals surface area contributed by atoms with Crippen LogP contribution in [0.15, 0.2) is 182 Å². The molecule has 3 heterocycles. The van der Waals surface area contributed by atoms with Crippen LogP contribution < -0.4 is 0 Å². The smallest absolute Gasteiger partial charge is 0.238 e. The topological polar surface area (TPSA) is 43.6 Å². The molecule has 0 radical (unpaired) electrons. The van der Waals surface area contributed by atoms with E-state index < -0.39 is 0 Å². The highest BCUT2D eigenvalue weighted by atomic mass is 32.1. The molecule has 4 nitrogen and oxygen atoms in total. The van der Waals surface area contributed by atoms with Crippen LogP contribution in [0.2, 0.25) is 0 Å². The van der Waals surface area contributed by atoms with Crippen molar-refractivity contribution in [1.29, 1.82) is 0 Å². The quantitative estimate of drug-likeness (QED) is 0.175. The summed E-state index contributed by atoms with van der Waals surface area (Å²) in [5.41, 5.74) is 13.8. The average molecular weight is 773 g/mol. The third-order valence-corrected chi connectivity index (χ3v) is 13.5. The Balaban J connectivity index is 1.10. The van der Waals surface area contributed by atoms with Gasteiger partial charge in [-0.05, 0) is 68.8 Å². The molecule has 0 atom stereocenters. The summed E-state index contributed by atoms with van der Waals surface area (Å²) in [7, 11) is 0. The second-order valence-electron chi connectivity index (χ2n) is 16.0. The molecule has 1 aliphatic carbocycles. The number of thiophene rings is 1. The van der Waals surface area contributed by atoms with E-state index in [0.717, 1.165) is 33.3 Å². The summed E-state index contributed by atoms with van der Waals surface area (Å²) >= 11 is 1.79. The molecule has 0 bridgehead atoms. The van der Waals surface area contributed by atoms with Crippen LogP contribution in [-0.4, -0.2) is 19.5 Å². The van der Waals surface area contributed by atoms with E-state index in [4.69, 9.17) is 15.0 Å². The minimum absolute atomic E-state index is 0.243. The SMILES string of the molecule is CC1(C)c2ccccc2-c2ccc3c4ccccc4n(-c4nc(-c5ccc(-c6cccc(-c7ccccc7)c6)cc5)nc(-c5cccc6c5sc5ccccc56)n4)c3c21. The van der Waals surface area contributed by atoms with E-state index in [-0.39, 0.29) is 5.41 Å². The van der Waals surface area contributed by atoms with Crippen molar-refractivity contribution >= 4 is 53.3 Å². The van der Waals surface area contributed by atoms with Crippen LogP contribution in [0, 0.1) is 0 Å². The van der Waals surface area contributed by atoms with Gasteiger partial charge in [-0.15, -0.1) is 11.3 Å². The van der Waals surface area contributed by atoms with Crippen LogP contribution >= 0.6 is 11.3 Å². The molecular weight excluding hydrogens is 737 g/mol. The zero-order valence-corrected chi connectivity index (χ0v) is 33.3. The van der Waals surface area contributed by atoms with E-state index in [0.29, 0.717) is 17.6 Å². The lowest BCUT2D eigenvalue weighted by atomic mass is 9.81. The monoisotopic (exact) mass is 772 g/mol. The fourth-order valence-electron chi connectivity index (χ4n) is 9.48. The Morgan fingerprint density at radius 1 is 0.441 bits per heavy atom. The number of aromatic nitrogens is 4. The number of para-hydroxylation sites is 1. The van der Waals surface area contributed by atoms with Crippen molar-refractivity contribution in [2.45, 2.75) is 19.3 Å². The Bertz CT molecular complexity index is 3470. The van der Waals surface area contributed by atoms with Gasteiger partial charge in [0.05, 0.1) is 11.0 Å². The van der Waals surface area contributed by atoms with Crippen molar-refractivity contribution in [3.05, 3.63) is 193 Å². The van der Waals surface area contributed by atoms with Gasteiger partial charge in [0, 0.05) is 47.5 Å². The maximum atomic E-state index is 5.47. The lowest BCUT2D eigenvalue weighted by molar-refractivity contribution is 0.663. The molecular formula is C54H36N4S. The predicted octanol–water partition coefficient (Wildman–Crippen LogP) is 14.3. The number of benzene rings is 8. The van der Waals surface area contributed by atoms with Crippen molar-refractivity contribution in [3.8, 4) is 62.1 Å². The lowest BCUT2D eigenvalue weighted by Gasteiger charge is -2.23. The molecule has 11 aromatic rings. The molecule has 5 heteroatoms. The number of hydrogen-bond donors (Lipinski definition) is 0. The fraction of sp³-hybridized carbons (Fsp3) is 0.0556. The van der Waals surface area contributed by atoms with Crippen LogP contribution in [0.5, 0.6) is 0 Å². The van der Waals surface area contributed by atoms with Gasteiger partial charge in [-0.25, -0.2) is 4.98 Å². The molecule has 1 aliphatic rings. The molecule has 12 rings (SSSR count). The van der Waals surface area contributed by atoms with Gasteiger partial charge in [-0.3, -0.25) is 4.57 Å². The Labute approximate surface area is 345 Å². The normalized spacial score (nSPS) is 13.1. The van der Waals surface area contributed by atoms with Crippen molar-refractivity contribution in [2.24, 2.45) is 0 Å². The van der Waals surface area contributed by atoms with Gasteiger partial charge in [0.1, 0.15) is 0 Å². The third kappa shape index (κ3) is 5.18. The molecule has 0 saturated heterocycles. The molecule has 0 aliphatic heterocycles. The summed E-state index contributed by atoms with van der Waals surface area (Å²) in [6, 6.07) is 65.2. The molecule has 0 amide bonds. The van der Waals surface area contributed by atoms with Gasteiger partial charge in [-0.2, -0.15) is 9.97 Å². The lowest BCUT2D eigenvalue weighted by Crippen LogP contribution is -2.17. The molecule has 59 heavy (non-hydrogen) atoms. The molecule has 0 N–H and O–H groups in total. The Morgan fingerprint density at radius 3 is 1.92 bits per heavy atom. The molecule has 3 aromatic heterocycles. The zero-order valence-electron chi connectivity index (χ0n) is 32.5. The molecule has 8 aromatic carbocycles. The number of fused-ring (bicyclic) bond motifs is 10. The van der Waals surface area contributed by atoms with Gasteiger partial charge in [0.25, 0.3) is 0 Å². The van der Waals surface area contributed by atoms with Crippen molar-refractivity contribution in [3.63, 3.8) is 0 Å². The van der Waals surface area contributed by atoms with Gasteiger partial charge in [0.2, 0.25) is 5.95 Å². The largest absolute Gasteiger partial charge is 0.277 e. The van der Waals surface area contributed by atoms with Gasteiger partial charge in [0.15, 0.2) is 11.6 Å². The standard InChI is InChI=1S/C54H36N4S/c1-54(2)45-23-9-6-18-38(45)41-30-31-42-39-19-7-10-24-46(39)58(49(42)48(41)54)53-56-51(55-52(57-53)44-22-13-21-43-40-20-8-11-25-47(40)59-50(43)44)35-28-26-34(27-29-35)37-17-12-16-36(32-37)33-14-4-3-5-15-33/h3-32H,1-2H3. The predicted molar refractivity (Wildman–Crippen MR) is 246 cm³/mol. The summed E-state index contributed by atoms with van der Waals surface area (Å²) in [6.45, 7) is 4.70. The number of hydrogen-bond acceptors (Lipinski definition) is 4. The summed E-state index contributed by atoms with van der Waals surface area (Å²) in [4.78, 5) is 16.2. The Kier molecular flexibility index (Phi) is 7.41. The van der Waals surface area contributed by atoms with Gasteiger partial charge in [-0.1, -0.05) is 172 Å². The summed E-state index contributed by atoms with van der Waals surface area (Å²) in [6.07, 6.45) is 0. The molecule has 0 saturated carbocycles. The zero-order chi connectivity index (χ0) is 39.2. The van der Waals surface area contributed by atoms with E-state index in [2.05, 4.69) is 200 Å². The van der Waals surface area contributed by atoms with Crippen LogP contribution in [0.3, 0.4) is 0 Å². The maximum absolute atomic E-state index is 5.47. The van der Waals surface area contributed by atoms with Crippen molar-refractivity contribution in [1.82, 2.24) is 19.5 Å². The molecule has 0 spiro atoms. The van der Waals surface area contributed by atoms with Crippen molar-refractivity contribution < 1.29 is 0 Å². The Hall–Kier alpha value is -7.21. The minimum Gasteiger partial charge on any atom is -0.277 e. The first kappa shape index (κ1) is 33.9. The van der Waals surface area contributed by atoms with Crippen LogP contribution in [-0.2, 0) is 5.41 Å². The van der Waals surface area contributed by atoms with E-state index in [9.17, 15) is 0 Å². The Morgan fingerprint density at radius 2 is 1.07 bits per heavy atom. The molecule has 278 valence electrons. The van der Waals surface area contributed by atoms with Gasteiger partial charge >= 0.3 is 0 Å². The van der Waals surface area contributed by atoms with E-state index >= 15 is 0 Å². The third-order valence-electron chi connectivity index (χ3n) is 12.3. The van der Waals surface area contributed by atoms with Crippen LogP contribution in [0.4, 0.5) is 0 Å². The van der Waals surface area contributed by atoms with E-state index in [1.54, 1.807) is 11.3 Å². The first-order valence-corrected chi connectivity index (χ1v) is 20.9. The summed E-state index contributed by atoms with van der Waals surface area (Å²) in [5.74, 6) is 1.89. The van der Waals surface area contributed by atoms with Crippen LogP contribution in [0.25, 0.3) is 104 Å².